The van der Waals surface area contributed by atoms with Crippen LogP contribution in [0, 0.1) is 5.92 Å². The Morgan fingerprint density at radius 1 is 1.24 bits per heavy atom. The second-order valence-corrected chi connectivity index (χ2v) is 4.49. The minimum absolute atomic E-state index is 0.0702. The highest BCUT2D eigenvalue weighted by atomic mass is 16.5. The highest BCUT2D eigenvalue weighted by Crippen LogP contribution is 2.05. The second-order valence-electron chi connectivity index (χ2n) is 4.49. The third-order valence-corrected chi connectivity index (χ3v) is 2.66. The lowest BCUT2D eigenvalue weighted by atomic mass is 10.0. The first-order valence-corrected chi connectivity index (χ1v) is 6.33. The zero-order valence-electron chi connectivity index (χ0n) is 11.5. The van der Waals surface area contributed by atoms with Gasteiger partial charge in [-0.15, -0.1) is 0 Å². The third-order valence-electron chi connectivity index (χ3n) is 2.66. The highest BCUT2D eigenvalue weighted by molar-refractivity contribution is 5.81. The van der Waals surface area contributed by atoms with Crippen LogP contribution in [0.25, 0.3) is 0 Å². The first-order valence-electron chi connectivity index (χ1n) is 6.33. The fourth-order valence-electron chi connectivity index (χ4n) is 1.36. The first-order chi connectivity index (χ1) is 7.99. The summed E-state index contributed by atoms with van der Waals surface area (Å²) in [5.41, 5.74) is 0. The summed E-state index contributed by atoms with van der Waals surface area (Å²) in [5, 5.41) is 0. The van der Waals surface area contributed by atoms with E-state index >= 15 is 0 Å². The van der Waals surface area contributed by atoms with Crippen molar-refractivity contribution < 1.29 is 14.3 Å². The van der Waals surface area contributed by atoms with Gasteiger partial charge in [-0.3, -0.25) is 9.59 Å². The summed E-state index contributed by atoms with van der Waals surface area (Å²) in [6.45, 7) is 7.56. The van der Waals surface area contributed by atoms with Crippen LogP contribution in [0.4, 0.5) is 0 Å². The molecular weight excluding hydrogens is 218 g/mol. The lowest BCUT2D eigenvalue weighted by Crippen LogP contribution is -2.30. The zero-order valence-corrected chi connectivity index (χ0v) is 11.5. The van der Waals surface area contributed by atoms with E-state index in [1.54, 1.807) is 11.9 Å². The van der Waals surface area contributed by atoms with E-state index in [2.05, 4.69) is 0 Å². The fourth-order valence-corrected chi connectivity index (χ4v) is 1.36. The number of amides is 1. The number of hydrogen-bond acceptors (Lipinski definition) is 3. The van der Waals surface area contributed by atoms with Gasteiger partial charge in [-0.25, -0.2) is 0 Å². The molecule has 0 spiro atoms. The molecule has 0 bridgehead atoms. The summed E-state index contributed by atoms with van der Waals surface area (Å²) in [4.78, 5) is 24.7. The lowest BCUT2D eigenvalue weighted by Gasteiger charge is -2.16. The summed E-state index contributed by atoms with van der Waals surface area (Å²) in [5.74, 6) is 0.386. The van der Waals surface area contributed by atoms with E-state index in [9.17, 15) is 9.59 Å². The molecule has 0 fully saturated rings. The SMILES string of the molecule is CCOCCN(C)C(=O)CCCC(=O)C(C)C. The largest absolute Gasteiger partial charge is 0.380 e. The molecule has 17 heavy (non-hydrogen) atoms. The van der Waals surface area contributed by atoms with Gasteiger partial charge in [-0.2, -0.15) is 0 Å². The van der Waals surface area contributed by atoms with Crippen molar-refractivity contribution in [3.8, 4) is 0 Å². The number of nitrogens with zero attached hydrogens (tertiary/aromatic N) is 1. The molecule has 0 rings (SSSR count). The van der Waals surface area contributed by atoms with Crippen LogP contribution in [0.1, 0.15) is 40.0 Å². The average Bonchev–Trinajstić information content (AvgIpc) is 2.28. The smallest absolute Gasteiger partial charge is 0.222 e. The topological polar surface area (TPSA) is 46.6 Å². The number of carbonyl (C=O) groups is 2. The number of rotatable bonds is 9. The van der Waals surface area contributed by atoms with Crippen LogP contribution >= 0.6 is 0 Å². The Kier molecular flexibility index (Phi) is 8.68. The van der Waals surface area contributed by atoms with Gasteiger partial charge in [-0.1, -0.05) is 13.8 Å². The van der Waals surface area contributed by atoms with Gasteiger partial charge in [0, 0.05) is 39.0 Å². The number of carbonyl (C=O) groups excluding carboxylic acids is 2. The van der Waals surface area contributed by atoms with E-state index in [4.69, 9.17) is 4.74 Å². The molecule has 0 aromatic rings. The molecule has 4 nitrogen and oxygen atoms in total. The summed E-state index contributed by atoms with van der Waals surface area (Å²) in [6.07, 6.45) is 1.60. The van der Waals surface area contributed by atoms with Crippen LogP contribution in [0.15, 0.2) is 0 Å². The fraction of sp³-hybridized carbons (Fsp3) is 0.846. The van der Waals surface area contributed by atoms with Gasteiger partial charge in [0.1, 0.15) is 5.78 Å². The van der Waals surface area contributed by atoms with Crippen LogP contribution in [-0.2, 0) is 14.3 Å². The Hall–Kier alpha value is -0.900. The Balaban J connectivity index is 3.67. The van der Waals surface area contributed by atoms with Crippen LogP contribution in [0.2, 0.25) is 0 Å². The number of ether oxygens (including phenoxy) is 1. The predicted octanol–water partition coefficient (Wildman–Crippen LogP) is 1.88. The van der Waals surface area contributed by atoms with Gasteiger partial charge in [0.25, 0.3) is 0 Å². The van der Waals surface area contributed by atoms with Crippen molar-refractivity contribution in [3.05, 3.63) is 0 Å². The van der Waals surface area contributed by atoms with E-state index < -0.39 is 0 Å². The number of likely N-dealkylation sites (N-methyl/N-ethyl adjacent to an activating group) is 1. The number of hydrogen-bond donors (Lipinski definition) is 0. The standard InChI is InChI=1S/C13H25NO3/c1-5-17-10-9-14(4)13(16)8-6-7-12(15)11(2)3/h11H,5-10H2,1-4H3. The Bertz CT molecular complexity index is 239. The second kappa shape index (κ2) is 9.16. The predicted molar refractivity (Wildman–Crippen MR) is 67.8 cm³/mol. The Morgan fingerprint density at radius 3 is 2.41 bits per heavy atom. The van der Waals surface area contributed by atoms with E-state index in [0.717, 1.165) is 0 Å². The van der Waals surface area contributed by atoms with Gasteiger partial charge >= 0.3 is 0 Å². The molecule has 0 heterocycles. The molecule has 0 radical (unpaired) electrons. The molecule has 1 amide bonds. The maximum absolute atomic E-state index is 11.6. The van der Waals surface area contributed by atoms with Gasteiger partial charge in [0.15, 0.2) is 0 Å². The maximum Gasteiger partial charge on any atom is 0.222 e. The molecule has 0 atom stereocenters. The Morgan fingerprint density at radius 2 is 1.88 bits per heavy atom. The molecule has 0 unspecified atom stereocenters. The molecule has 0 saturated heterocycles. The van der Waals surface area contributed by atoms with Crippen LogP contribution in [0.3, 0.4) is 0 Å². The van der Waals surface area contributed by atoms with Crippen LogP contribution < -0.4 is 0 Å². The van der Waals surface area contributed by atoms with Crippen molar-refractivity contribution >= 4 is 11.7 Å². The molecule has 0 N–H and O–H groups in total. The van der Waals surface area contributed by atoms with Gasteiger partial charge < -0.3 is 9.64 Å². The quantitative estimate of drug-likeness (QED) is 0.581. The highest BCUT2D eigenvalue weighted by Gasteiger charge is 2.11. The summed E-state index contributed by atoms with van der Waals surface area (Å²) < 4.78 is 5.18. The number of Topliss-reactive ketones (excluding diaryl/α,β-unsaturated/α-hetero) is 1. The van der Waals surface area contributed by atoms with Gasteiger partial charge in [0.05, 0.1) is 6.61 Å². The Labute approximate surface area is 104 Å². The van der Waals surface area contributed by atoms with Crippen molar-refractivity contribution in [1.29, 1.82) is 0 Å². The molecular formula is C13H25NO3. The van der Waals surface area contributed by atoms with Gasteiger partial charge in [-0.05, 0) is 13.3 Å². The van der Waals surface area contributed by atoms with Crippen molar-refractivity contribution in [2.45, 2.75) is 40.0 Å². The summed E-state index contributed by atoms with van der Waals surface area (Å²) in [7, 11) is 1.77. The normalized spacial score (nSPS) is 10.6. The van der Waals surface area contributed by atoms with Crippen LogP contribution in [0.5, 0.6) is 0 Å². The molecule has 100 valence electrons. The van der Waals surface area contributed by atoms with Crippen molar-refractivity contribution in [1.82, 2.24) is 4.90 Å². The van der Waals surface area contributed by atoms with Crippen molar-refractivity contribution in [2.75, 3.05) is 26.8 Å². The molecule has 0 saturated carbocycles. The number of ketones is 1. The monoisotopic (exact) mass is 243 g/mol. The van der Waals surface area contributed by atoms with E-state index in [1.807, 2.05) is 20.8 Å². The van der Waals surface area contributed by atoms with E-state index in [1.165, 1.54) is 0 Å². The molecule has 0 aromatic carbocycles. The van der Waals surface area contributed by atoms with Crippen LogP contribution in [-0.4, -0.2) is 43.4 Å². The molecule has 0 aliphatic heterocycles. The molecule has 0 aliphatic rings. The van der Waals surface area contributed by atoms with E-state index in [-0.39, 0.29) is 17.6 Å². The maximum atomic E-state index is 11.6. The minimum Gasteiger partial charge on any atom is -0.380 e. The molecule has 4 heteroatoms. The van der Waals surface area contributed by atoms with Crippen molar-refractivity contribution in [3.63, 3.8) is 0 Å². The van der Waals surface area contributed by atoms with Gasteiger partial charge in [0.2, 0.25) is 5.91 Å². The zero-order chi connectivity index (χ0) is 13.3. The summed E-state index contributed by atoms with van der Waals surface area (Å²) in [6, 6.07) is 0. The molecule has 0 aliphatic carbocycles. The minimum atomic E-state index is 0.0702. The summed E-state index contributed by atoms with van der Waals surface area (Å²) >= 11 is 0. The first kappa shape index (κ1) is 16.1. The molecule has 0 aromatic heterocycles. The van der Waals surface area contributed by atoms with Crippen molar-refractivity contribution in [2.24, 2.45) is 5.92 Å². The third kappa shape index (κ3) is 7.91. The van der Waals surface area contributed by atoms with E-state index in [0.29, 0.717) is 39.0 Å². The average molecular weight is 243 g/mol. The lowest BCUT2D eigenvalue weighted by molar-refractivity contribution is -0.130.